The molecule has 1 unspecified atom stereocenters. The van der Waals surface area contributed by atoms with Crippen molar-refractivity contribution in [2.45, 2.75) is 45.8 Å². The zero-order valence-corrected chi connectivity index (χ0v) is 13.0. The highest BCUT2D eigenvalue weighted by molar-refractivity contribution is 5.94. The number of pyridine rings is 1. The van der Waals surface area contributed by atoms with Gasteiger partial charge in [-0.2, -0.15) is 0 Å². The average Bonchev–Trinajstić information content (AvgIpc) is 2.47. The third kappa shape index (κ3) is 4.17. The predicted molar refractivity (Wildman–Crippen MR) is 83.3 cm³/mol. The van der Waals surface area contributed by atoms with Gasteiger partial charge in [0, 0.05) is 25.3 Å². The Balaban J connectivity index is 1.94. The lowest BCUT2D eigenvalue weighted by Crippen LogP contribution is -2.40. The molecule has 0 bridgehead atoms. The molecule has 1 amide bonds. The summed E-state index contributed by atoms with van der Waals surface area (Å²) in [6.45, 7) is 7.34. The normalized spacial score (nSPS) is 17.9. The number of carbonyl (C=O) groups is 1. The Morgan fingerprint density at radius 2 is 2.00 bits per heavy atom. The van der Waals surface area contributed by atoms with Crippen LogP contribution >= 0.6 is 0 Å². The topological polar surface area (TPSA) is 65.5 Å². The van der Waals surface area contributed by atoms with Gasteiger partial charge in [-0.1, -0.05) is 0 Å². The van der Waals surface area contributed by atoms with E-state index in [1.165, 1.54) is 0 Å². The Labute approximate surface area is 126 Å². The minimum Gasteiger partial charge on any atom is -0.393 e. The van der Waals surface area contributed by atoms with E-state index < -0.39 is 0 Å². The van der Waals surface area contributed by atoms with E-state index >= 15 is 0 Å². The largest absolute Gasteiger partial charge is 0.393 e. The van der Waals surface area contributed by atoms with Crippen molar-refractivity contribution in [2.75, 3.05) is 18.4 Å². The summed E-state index contributed by atoms with van der Waals surface area (Å²) in [7, 11) is 0. The van der Waals surface area contributed by atoms with Gasteiger partial charge in [0.15, 0.2) is 0 Å². The number of piperidine rings is 1. The van der Waals surface area contributed by atoms with E-state index in [2.05, 4.69) is 10.3 Å². The molecule has 116 valence electrons. The number of rotatable bonds is 4. The highest BCUT2D eigenvalue weighted by Crippen LogP contribution is 2.22. The molecular weight excluding hydrogens is 266 g/mol. The van der Waals surface area contributed by atoms with Crippen LogP contribution in [-0.4, -0.2) is 46.1 Å². The number of amides is 1. The van der Waals surface area contributed by atoms with Gasteiger partial charge in [0.05, 0.1) is 11.7 Å². The molecule has 0 radical (unpaired) electrons. The fourth-order valence-electron chi connectivity index (χ4n) is 2.67. The first-order valence-electron chi connectivity index (χ1n) is 7.67. The molecule has 2 rings (SSSR count). The fourth-order valence-corrected chi connectivity index (χ4v) is 2.67. The number of likely N-dealkylation sites (tertiary alicyclic amines) is 1. The minimum absolute atomic E-state index is 0.0302. The van der Waals surface area contributed by atoms with Crippen LogP contribution in [0.1, 0.15) is 44.0 Å². The highest BCUT2D eigenvalue weighted by Gasteiger charge is 2.26. The van der Waals surface area contributed by atoms with E-state index in [0.29, 0.717) is 30.6 Å². The van der Waals surface area contributed by atoms with Gasteiger partial charge >= 0.3 is 0 Å². The van der Waals surface area contributed by atoms with Gasteiger partial charge in [0.1, 0.15) is 5.82 Å². The standard InChI is InChI=1S/C16H25N3O2/c1-11(2)18-15-5-4-14(10-17-15)16(21)19-8-6-13(7-9-19)12(3)20/h4-5,10-13,20H,6-9H2,1-3H3,(H,17,18). The third-order valence-corrected chi connectivity index (χ3v) is 3.96. The molecule has 0 spiro atoms. The summed E-state index contributed by atoms with van der Waals surface area (Å²) < 4.78 is 0. The number of carbonyl (C=O) groups excluding carboxylic acids is 1. The van der Waals surface area contributed by atoms with E-state index in [1.807, 2.05) is 37.8 Å². The van der Waals surface area contributed by atoms with Gasteiger partial charge < -0.3 is 15.3 Å². The monoisotopic (exact) mass is 291 g/mol. The molecule has 2 heterocycles. The van der Waals surface area contributed by atoms with Gasteiger partial charge in [0.2, 0.25) is 0 Å². The first-order chi connectivity index (χ1) is 9.97. The number of nitrogens with zero attached hydrogens (tertiary/aromatic N) is 2. The number of aliphatic hydroxyl groups excluding tert-OH is 1. The number of aliphatic hydroxyl groups is 1. The smallest absolute Gasteiger partial charge is 0.255 e. The molecular formula is C16H25N3O2. The summed E-state index contributed by atoms with van der Waals surface area (Å²) in [6, 6.07) is 3.98. The maximum absolute atomic E-state index is 12.4. The molecule has 1 atom stereocenters. The van der Waals surface area contributed by atoms with Crippen molar-refractivity contribution in [2.24, 2.45) is 5.92 Å². The molecule has 2 N–H and O–H groups in total. The number of nitrogens with one attached hydrogen (secondary N) is 1. The van der Waals surface area contributed by atoms with Crippen molar-refractivity contribution in [1.82, 2.24) is 9.88 Å². The van der Waals surface area contributed by atoms with Gasteiger partial charge in [0.25, 0.3) is 5.91 Å². The molecule has 1 saturated heterocycles. The van der Waals surface area contributed by atoms with Crippen molar-refractivity contribution in [1.29, 1.82) is 0 Å². The van der Waals surface area contributed by atoms with E-state index in [-0.39, 0.29) is 12.0 Å². The number of aromatic nitrogens is 1. The van der Waals surface area contributed by atoms with Crippen molar-refractivity contribution in [3.8, 4) is 0 Å². The Bertz CT molecular complexity index is 463. The zero-order chi connectivity index (χ0) is 15.4. The molecule has 5 nitrogen and oxygen atoms in total. The lowest BCUT2D eigenvalue weighted by atomic mass is 9.92. The second kappa shape index (κ2) is 6.89. The summed E-state index contributed by atoms with van der Waals surface area (Å²) in [4.78, 5) is 18.5. The second-order valence-electron chi connectivity index (χ2n) is 6.10. The number of hydrogen-bond donors (Lipinski definition) is 2. The molecule has 0 saturated carbocycles. The van der Waals surface area contributed by atoms with Crippen LogP contribution < -0.4 is 5.32 Å². The van der Waals surface area contributed by atoms with Crippen LogP contribution in [0.2, 0.25) is 0 Å². The molecule has 5 heteroatoms. The summed E-state index contributed by atoms with van der Waals surface area (Å²) in [5.74, 6) is 1.13. The van der Waals surface area contributed by atoms with Crippen LogP contribution in [0.15, 0.2) is 18.3 Å². The van der Waals surface area contributed by atoms with Crippen LogP contribution in [0.25, 0.3) is 0 Å². The molecule has 1 aliphatic rings. The van der Waals surface area contributed by atoms with Crippen molar-refractivity contribution >= 4 is 11.7 Å². The summed E-state index contributed by atoms with van der Waals surface area (Å²) in [6.07, 6.45) is 3.08. The molecule has 0 aliphatic carbocycles. The Kier molecular flexibility index (Phi) is 5.17. The third-order valence-electron chi connectivity index (χ3n) is 3.96. The molecule has 1 aliphatic heterocycles. The van der Waals surface area contributed by atoms with Gasteiger partial charge in [-0.05, 0) is 51.7 Å². The minimum atomic E-state index is -0.287. The molecule has 0 aromatic carbocycles. The van der Waals surface area contributed by atoms with E-state index in [0.717, 1.165) is 18.7 Å². The molecule has 1 fully saturated rings. The van der Waals surface area contributed by atoms with Crippen LogP contribution in [0.5, 0.6) is 0 Å². The molecule has 21 heavy (non-hydrogen) atoms. The molecule has 1 aromatic heterocycles. The lowest BCUT2D eigenvalue weighted by molar-refractivity contribution is 0.0521. The van der Waals surface area contributed by atoms with E-state index in [1.54, 1.807) is 6.20 Å². The van der Waals surface area contributed by atoms with Gasteiger partial charge in [-0.3, -0.25) is 4.79 Å². The average molecular weight is 291 g/mol. The van der Waals surface area contributed by atoms with Crippen LogP contribution in [0.3, 0.4) is 0 Å². The first kappa shape index (κ1) is 15.8. The van der Waals surface area contributed by atoms with Crippen molar-refractivity contribution < 1.29 is 9.90 Å². The summed E-state index contributed by atoms with van der Waals surface area (Å²) in [5.41, 5.74) is 0.625. The predicted octanol–water partition coefficient (Wildman–Crippen LogP) is 2.13. The van der Waals surface area contributed by atoms with Crippen molar-refractivity contribution in [3.63, 3.8) is 0 Å². The number of anilines is 1. The van der Waals surface area contributed by atoms with Gasteiger partial charge in [-0.25, -0.2) is 4.98 Å². The maximum Gasteiger partial charge on any atom is 0.255 e. The van der Waals surface area contributed by atoms with E-state index in [9.17, 15) is 9.90 Å². The summed E-state index contributed by atoms with van der Waals surface area (Å²) in [5, 5.41) is 12.8. The Morgan fingerprint density at radius 3 is 2.48 bits per heavy atom. The first-order valence-corrected chi connectivity index (χ1v) is 7.67. The maximum atomic E-state index is 12.4. The summed E-state index contributed by atoms with van der Waals surface area (Å²) >= 11 is 0. The second-order valence-corrected chi connectivity index (χ2v) is 6.10. The highest BCUT2D eigenvalue weighted by atomic mass is 16.3. The lowest BCUT2D eigenvalue weighted by Gasteiger charge is -2.33. The molecule has 1 aromatic rings. The number of hydrogen-bond acceptors (Lipinski definition) is 4. The van der Waals surface area contributed by atoms with Crippen LogP contribution in [0.4, 0.5) is 5.82 Å². The fraction of sp³-hybridized carbons (Fsp3) is 0.625. The zero-order valence-electron chi connectivity index (χ0n) is 13.0. The van der Waals surface area contributed by atoms with Crippen molar-refractivity contribution in [3.05, 3.63) is 23.9 Å². The Morgan fingerprint density at radius 1 is 1.33 bits per heavy atom. The van der Waals surface area contributed by atoms with Gasteiger partial charge in [-0.15, -0.1) is 0 Å². The quantitative estimate of drug-likeness (QED) is 0.892. The van der Waals surface area contributed by atoms with Crippen LogP contribution in [0, 0.1) is 5.92 Å². The van der Waals surface area contributed by atoms with E-state index in [4.69, 9.17) is 0 Å². The van der Waals surface area contributed by atoms with Crippen LogP contribution in [-0.2, 0) is 0 Å². The Hall–Kier alpha value is -1.62. The SMILES string of the molecule is CC(C)Nc1ccc(C(=O)N2CCC(C(C)O)CC2)cn1.